The minimum atomic E-state index is -0.526. The van der Waals surface area contributed by atoms with Crippen LogP contribution in [0.1, 0.15) is 20.8 Å². The van der Waals surface area contributed by atoms with Crippen molar-refractivity contribution in [1.82, 2.24) is 0 Å². The standard InChI is InChI=1S/C14H20N2O3S/c1-14(2,3)20-9-13(18)16-10-4-6-11(7-5-10)19-8-12(15)17/h4-7H,8-9H2,1-3H3,(H2,15,17)(H,16,18). The fraction of sp³-hybridized carbons (Fsp3) is 0.429. The van der Waals surface area contributed by atoms with Gasteiger partial charge in [-0.25, -0.2) is 0 Å². The maximum absolute atomic E-state index is 11.7. The van der Waals surface area contributed by atoms with Gasteiger partial charge in [0, 0.05) is 10.4 Å². The molecule has 110 valence electrons. The highest BCUT2D eigenvalue weighted by atomic mass is 32.2. The molecule has 0 aliphatic heterocycles. The lowest BCUT2D eigenvalue weighted by Crippen LogP contribution is -2.20. The Morgan fingerprint density at radius 1 is 1.25 bits per heavy atom. The molecule has 0 unspecified atom stereocenters. The third kappa shape index (κ3) is 7.04. The normalized spacial score (nSPS) is 10.9. The third-order valence-electron chi connectivity index (χ3n) is 2.16. The van der Waals surface area contributed by atoms with E-state index in [1.54, 1.807) is 36.0 Å². The zero-order valence-corrected chi connectivity index (χ0v) is 12.8. The average molecular weight is 296 g/mol. The molecule has 0 aromatic heterocycles. The third-order valence-corrected chi connectivity index (χ3v) is 3.43. The molecule has 0 aliphatic rings. The van der Waals surface area contributed by atoms with Crippen LogP contribution in [0.3, 0.4) is 0 Å². The second-order valence-corrected chi connectivity index (χ2v) is 7.03. The molecule has 0 radical (unpaired) electrons. The highest BCUT2D eigenvalue weighted by Crippen LogP contribution is 2.23. The zero-order chi connectivity index (χ0) is 15.2. The Bertz CT molecular complexity index is 466. The molecule has 0 saturated heterocycles. The summed E-state index contributed by atoms with van der Waals surface area (Å²) in [4.78, 5) is 22.3. The quantitative estimate of drug-likeness (QED) is 0.841. The number of nitrogens with two attached hydrogens (primary N) is 1. The van der Waals surface area contributed by atoms with Gasteiger partial charge in [-0.3, -0.25) is 9.59 Å². The summed E-state index contributed by atoms with van der Waals surface area (Å²) in [5.41, 5.74) is 5.67. The number of carbonyl (C=O) groups is 2. The Kier molecular flexibility index (Phi) is 5.88. The highest BCUT2D eigenvalue weighted by molar-refractivity contribution is 8.01. The average Bonchev–Trinajstić information content (AvgIpc) is 2.35. The molecule has 0 aliphatic carbocycles. The lowest BCUT2D eigenvalue weighted by Gasteiger charge is -2.17. The molecule has 0 bridgehead atoms. The number of hydrogen-bond donors (Lipinski definition) is 2. The van der Waals surface area contributed by atoms with Crippen molar-refractivity contribution in [3.05, 3.63) is 24.3 Å². The number of ether oxygens (including phenoxy) is 1. The number of anilines is 1. The van der Waals surface area contributed by atoms with E-state index in [-0.39, 0.29) is 17.3 Å². The predicted octanol–water partition coefficient (Wildman–Crippen LogP) is 2.02. The summed E-state index contributed by atoms with van der Waals surface area (Å²) in [5, 5.41) is 2.80. The minimum absolute atomic E-state index is 0.0456. The Hall–Kier alpha value is -1.69. The van der Waals surface area contributed by atoms with Gasteiger partial charge in [0.1, 0.15) is 5.75 Å². The molecule has 0 heterocycles. The van der Waals surface area contributed by atoms with Crippen LogP contribution in [-0.4, -0.2) is 28.9 Å². The summed E-state index contributed by atoms with van der Waals surface area (Å²) < 4.78 is 5.19. The van der Waals surface area contributed by atoms with Crippen LogP contribution in [0.2, 0.25) is 0 Å². The van der Waals surface area contributed by atoms with Crippen molar-refractivity contribution < 1.29 is 14.3 Å². The molecule has 0 fully saturated rings. The van der Waals surface area contributed by atoms with Gasteiger partial charge in [0.2, 0.25) is 5.91 Å². The molecule has 1 aromatic rings. The van der Waals surface area contributed by atoms with E-state index in [1.807, 2.05) is 0 Å². The molecular weight excluding hydrogens is 276 g/mol. The lowest BCUT2D eigenvalue weighted by atomic mass is 10.3. The van der Waals surface area contributed by atoms with E-state index in [0.29, 0.717) is 17.2 Å². The number of amides is 2. The second kappa shape index (κ2) is 7.19. The number of hydrogen-bond acceptors (Lipinski definition) is 4. The first-order valence-electron chi connectivity index (χ1n) is 6.21. The van der Waals surface area contributed by atoms with Crippen molar-refractivity contribution in [2.45, 2.75) is 25.5 Å². The zero-order valence-electron chi connectivity index (χ0n) is 11.9. The summed E-state index contributed by atoms with van der Waals surface area (Å²) in [6.45, 7) is 6.04. The van der Waals surface area contributed by atoms with E-state index >= 15 is 0 Å². The van der Waals surface area contributed by atoms with Crippen molar-refractivity contribution >= 4 is 29.3 Å². The maximum atomic E-state index is 11.7. The Morgan fingerprint density at radius 2 is 1.85 bits per heavy atom. The summed E-state index contributed by atoms with van der Waals surface area (Å²) >= 11 is 1.59. The monoisotopic (exact) mass is 296 g/mol. The summed E-state index contributed by atoms with van der Waals surface area (Å²) in [6, 6.07) is 6.79. The first-order chi connectivity index (χ1) is 9.26. The number of benzene rings is 1. The van der Waals surface area contributed by atoms with Crippen molar-refractivity contribution in [3.8, 4) is 5.75 Å². The summed E-state index contributed by atoms with van der Waals surface area (Å²) in [7, 11) is 0. The van der Waals surface area contributed by atoms with Crippen LogP contribution >= 0.6 is 11.8 Å². The lowest BCUT2D eigenvalue weighted by molar-refractivity contribution is -0.120. The summed E-state index contributed by atoms with van der Waals surface area (Å²) in [5.74, 6) is 0.367. The van der Waals surface area contributed by atoms with Gasteiger partial charge in [-0.15, -0.1) is 11.8 Å². The smallest absolute Gasteiger partial charge is 0.255 e. The predicted molar refractivity (Wildman–Crippen MR) is 82.0 cm³/mol. The van der Waals surface area contributed by atoms with Gasteiger partial charge >= 0.3 is 0 Å². The van der Waals surface area contributed by atoms with Gasteiger partial charge in [-0.1, -0.05) is 20.8 Å². The number of carbonyl (C=O) groups excluding carboxylic acids is 2. The minimum Gasteiger partial charge on any atom is -0.484 e. The summed E-state index contributed by atoms with van der Waals surface area (Å²) in [6.07, 6.45) is 0. The molecule has 1 aromatic carbocycles. The molecule has 20 heavy (non-hydrogen) atoms. The van der Waals surface area contributed by atoms with Crippen LogP contribution < -0.4 is 15.8 Å². The second-order valence-electron chi connectivity index (χ2n) is 5.23. The van der Waals surface area contributed by atoms with Crippen molar-refractivity contribution in [2.24, 2.45) is 5.73 Å². The van der Waals surface area contributed by atoms with E-state index in [1.165, 1.54) is 0 Å². The van der Waals surface area contributed by atoms with Crippen molar-refractivity contribution in [3.63, 3.8) is 0 Å². The van der Waals surface area contributed by atoms with Crippen LogP contribution in [0.25, 0.3) is 0 Å². The fourth-order valence-corrected chi connectivity index (χ4v) is 1.90. The number of thioether (sulfide) groups is 1. The van der Waals surface area contributed by atoms with Gasteiger partial charge < -0.3 is 15.8 Å². The van der Waals surface area contributed by atoms with Crippen LogP contribution in [0, 0.1) is 0 Å². The van der Waals surface area contributed by atoms with Crippen molar-refractivity contribution in [1.29, 1.82) is 0 Å². The molecule has 6 heteroatoms. The van der Waals surface area contributed by atoms with Gasteiger partial charge in [-0.2, -0.15) is 0 Å². The molecule has 2 amide bonds. The molecular formula is C14H20N2O3S. The largest absolute Gasteiger partial charge is 0.484 e. The maximum Gasteiger partial charge on any atom is 0.255 e. The first-order valence-corrected chi connectivity index (χ1v) is 7.20. The van der Waals surface area contributed by atoms with E-state index in [4.69, 9.17) is 10.5 Å². The van der Waals surface area contributed by atoms with E-state index < -0.39 is 5.91 Å². The number of primary amides is 1. The molecule has 0 spiro atoms. The molecule has 0 saturated carbocycles. The van der Waals surface area contributed by atoms with Gasteiger partial charge in [0.15, 0.2) is 6.61 Å². The van der Waals surface area contributed by atoms with Crippen LogP contribution in [0.4, 0.5) is 5.69 Å². The van der Waals surface area contributed by atoms with Gasteiger partial charge in [0.05, 0.1) is 5.75 Å². The van der Waals surface area contributed by atoms with E-state index in [9.17, 15) is 9.59 Å². The Morgan fingerprint density at radius 3 is 2.35 bits per heavy atom. The van der Waals surface area contributed by atoms with Gasteiger partial charge in [0.25, 0.3) is 5.91 Å². The van der Waals surface area contributed by atoms with Crippen LogP contribution in [-0.2, 0) is 9.59 Å². The van der Waals surface area contributed by atoms with E-state index in [0.717, 1.165) is 0 Å². The van der Waals surface area contributed by atoms with Crippen molar-refractivity contribution in [2.75, 3.05) is 17.7 Å². The molecule has 3 N–H and O–H groups in total. The topological polar surface area (TPSA) is 81.4 Å². The number of nitrogens with one attached hydrogen (secondary N) is 1. The Balaban J connectivity index is 2.44. The van der Waals surface area contributed by atoms with Crippen LogP contribution in [0.5, 0.6) is 5.75 Å². The molecule has 0 atom stereocenters. The highest BCUT2D eigenvalue weighted by Gasteiger charge is 2.13. The SMILES string of the molecule is CC(C)(C)SCC(=O)Nc1ccc(OCC(N)=O)cc1. The van der Waals surface area contributed by atoms with Gasteiger partial charge in [-0.05, 0) is 24.3 Å². The first kappa shape index (κ1) is 16.4. The molecule has 5 nitrogen and oxygen atoms in total. The van der Waals surface area contributed by atoms with Crippen LogP contribution in [0.15, 0.2) is 24.3 Å². The number of rotatable bonds is 6. The molecule has 1 rings (SSSR count). The fourth-order valence-electron chi connectivity index (χ4n) is 1.27. The van der Waals surface area contributed by atoms with E-state index in [2.05, 4.69) is 26.1 Å². The Labute approximate surface area is 123 Å².